The highest BCUT2D eigenvalue weighted by Gasteiger charge is 2.34. The Labute approximate surface area is 132 Å². The molecule has 0 aromatic heterocycles. The van der Waals surface area contributed by atoms with Crippen LogP contribution in [0.15, 0.2) is 16.6 Å². The topological polar surface area (TPSA) is 55.1 Å². The molecule has 0 radical (unpaired) electrons. The highest BCUT2D eigenvalue weighted by atomic mass is 79.9. The molecule has 3 nitrogen and oxygen atoms in total. The van der Waals surface area contributed by atoms with E-state index in [2.05, 4.69) is 21.2 Å². The Bertz CT molecular complexity index is 536. The van der Waals surface area contributed by atoms with Crippen molar-refractivity contribution in [3.8, 4) is 0 Å². The molecule has 6 heteroatoms. The van der Waals surface area contributed by atoms with Crippen LogP contribution < -0.4 is 11.1 Å². The number of rotatable bonds is 4. The van der Waals surface area contributed by atoms with Crippen LogP contribution in [0.2, 0.25) is 5.02 Å². The number of nitrogens with one attached hydrogen (secondary N) is 1. The molecular weight excluding hydrogens is 348 g/mol. The molecule has 1 aromatic rings. The van der Waals surface area contributed by atoms with Gasteiger partial charge in [-0.1, -0.05) is 30.7 Å². The Kier molecular flexibility index (Phi) is 5.35. The predicted octanol–water partition coefficient (Wildman–Crippen LogP) is 4.05. The second kappa shape index (κ2) is 6.20. The molecule has 0 saturated heterocycles. The van der Waals surface area contributed by atoms with Crippen molar-refractivity contribution in [3.05, 3.63) is 27.2 Å². The van der Waals surface area contributed by atoms with Crippen LogP contribution in [-0.4, -0.2) is 10.9 Å². The number of nitrogens with two attached hydrogens (primary N) is 1. The minimum absolute atomic E-state index is 0.182. The van der Waals surface area contributed by atoms with E-state index in [0.29, 0.717) is 17.1 Å². The maximum absolute atomic E-state index is 12.3. The molecule has 0 saturated carbocycles. The molecule has 19 heavy (non-hydrogen) atoms. The van der Waals surface area contributed by atoms with Crippen molar-refractivity contribution in [2.24, 2.45) is 11.1 Å². The maximum Gasteiger partial charge on any atom is 0.237 e. The van der Waals surface area contributed by atoms with Crippen LogP contribution in [0, 0.1) is 12.3 Å². The molecule has 0 heterocycles. The number of hydrogen-bond donors (Lipinski definition) is 2. The first-order valence-electron chi connectivity index (χ1n) is 5.79. The summed E-state index contributed by atoms with van der Waals surface area (Å²) in [6.07, 6.45) is 0.533. The van der Waals surface area contributed by atoms with E-state index in [9.17, 15) is 4.79 Å². The molecule has 0 aliphatic heterocycles. The van der Waals surface area contributed by atoms with Crippen LogP contribution in [0.25, 0.3) is 0 Å². The number of carbonyl (C=O) groups is 1. The summed E-state index contributed by atoms with van der Waals surface area (Å²) in [7, 11) is 0. The molecule has 1 aromatic carbocycles. The van der Waals surface area contributed by atoms with E-state index < -0.39 is 5.41 Å². The van der Waals surface area contributed by atoms with Gasteiger partial charge in [0, 0.05) is 9.50 Å². The monoisotopic (exact) mass is 362 g/mol. The molecule has 0 bridgehead atoms. The van der Waals surface area contributed by atoms with Gasteiger partial charge in [-0.3, -0.25) is 4.79 Å². The second-order valence-corrected chi connectivity index (χ2v) is 6.29. The smallest absolute Gasteiger partial charge is 0.237 e. The zero-order chi connectivity index (χ0) is 14.8. The zero-order valence-corrected chi connectivity index (χ0v) is 14.2. The van der Waals surface area contributed by atoms with Crippen LogP contribution >= 0.6 is 39.7 Å². The summed E-state index contributed by atoms with van der Waals surface area (Å²) in [6, 6.07) is 3.55. The second-order valence-electron chi connectivity index (χ2n) is 4.59. The van der Waals surface area contributed by atoms with Gasteiger partial charge in [-0.05, 0) is 53.9 Å². The first-order valence-corrected chi connectivity index (χ1v) is 7.37. The van der Waals surface area contributed by atoms with Crippen LogP contribution in [0.5, 0.6) is 0 Å². The van der Waals surface area contributed by atoms with Crippen molar-refractivity contribution in [1.82, 2.24) is 0 Å². The molecule has 1 unspecified atom stereocenters. The number of thiocarbonyl (C=S) groups is 1. The fourth-order valence-corrected chi connectivity index (χ4v) is 2.41. The zero-order valence-electron chi connectivity index (χ0n) is 11.0. The standard InChI is InChI=1S/C13H16BrClN2OS/c1-4-13(3,11(16)19)12(18)17-10-6-9(15)7(2)5-8(10)14/h5-6H,4H2,1-3H3,(H2,16,19)(H,17,18). The minimum Gasteiger partial charge on any atom is -0.392 e. The van der Waals surface area contributed by atoms with Crippen LogP contribution in [0.3, 0.4) is 0 Å². The third-order valence-electron chi connectivity index (χ3n) is 3.25. The number of hydrogen-bond acceptors (Lipinski definition) is 2. The van der Waals surface area contributed by atoms with E-state index in [0.717, 1.165) is 10.0 Å². The average molecular weight is 364 g/mol. The van der Waals surface area contributed by atoms with E-state index in [1.165, 1.54) is 0 Å². The summed E-state index contributed by atoms with van der Waals surface area (Å²) in [5, 5.41) is 3.40. The number of carbonyl (C=O) groups excluding carboxylic acids is 1. The van der Waals surface area contributed by atoms with Gasteiger partial charge < -0.3 is 11.1 Å². The maximum atomic E-state index is 12.3. The molecule has 104 valence electrons. The van der Waals surface area contributed by atoms with E-state index >= 15 is 0 Å². The quantitative estimate of drug-likeness (QED) is 0.793. The summed E-state index contributed by atoms with van der Waals surface area (Å²) < 4.78 is 0.768. The van der Waals surface area contributed by atoms with Gasteiger partial charge in [-0.2, -0.15) is 0 Å². The van der Waals surface area contributed by atoms with Gasteiger partial charge in [0.05, 0.1) is 16.1 Å². The largest absolute Gasteiger partial charge is 0.392 e. The highest BCUT2D eigenvalue weighted by Crippen LogP contribution is 2.31. The van der Waals surface area contributed by atoms with Gasteiger partial charge in [0.1, 0.15) is 0 Å². The van der Waals surface area contributed by atoms with Crippen LogP contribution in [-0.2, 0) is 4.79 Å². The van der Waals surface area contributed by atoms with Gasteiger partial charge in [-0.25, -0.2) is 0 Å². The van der Waals surface area contributed by atoms with Crippen molar-refractivity contribution >= 4 is 56.3 Å². The van der Waals surface area contributed by atoms with Crippen molar-refractivity contribution in [3.63, 3.8) is 0 Å². The average Bonchev–Trinajstić information content (AvgIpc) is 2.34. The van der Waals surface area contributed by atoms with Gasteiger partial charge in [0.2, 0.25) is 5.91 Å². The van der Waals surface area contributed by atoms with Crippen molar-refractivity contribution < 1.29 is 4.79 Å². The molecular formula is C13H16BrClN2OS. The molecule has 1 atom stereocenters. The first kappa shape index (κ1) is 16.4. The van der Waals surface area contributed by atoms with E-state index in [1.807, 2.05) is 19.9 Å². The number of aryl methyl sites for hydroxylation is 1. The minimum atomic E-state index is -0.869. The SMILES string of the molecule is CCC(C)(C(=O)Nc1cc(Cl)c(C)cc1Br)C(N)=S. The lowest BCUT2D eigenvalue weighted by atomic mass is 9.86. The molecule has 1 rings (SSSR count). The van der Waals surface area contributed by atoms with Gasteiger partial charge in [0.25, 0.3) is 0 Å². The first-order chi connectivity index (χ1) is 8.72. The molecule has 0 fully saturated rings. The lowest BCUT2D eigenvalue weighted by Crippen LogP contribution is -2.43. The Balaban J connectivity index is 3.06. The lowest BCUT2D eigenvalue weighted by Gasteiger charge is -2.25. The number of amides is 1. The predicted molar refractivity (Wildman–Crippen MR) is 87.7 cm³/mol. The van der Waals surface area contributed by atoms with Gasteiger partial charge in [-0.15, -0.1) is 0 Å². The van der Waals surface area contributed by atoms with Gasteiger partial charge in [0.15, 0.2) is 0 Å². The van der Waals surface area contributed by atoms with Gasteiger partial charge >= 0.3 is 0 Å². The van der Waals surface area contributed by atoms with E-state index in [1.54, 1.807) is 13.0 Å². The van der Waals surface area contributed by atoms with E-state index in [4.69, 9.17) is 29.6 Å². The van der Waals surface area contributed by atoms with E-state index in [-0.39, 0.29) is 10.9 Å². The number of benzene rings is 1. The lowest BCUT2D eigenvalue weighted by molar-refractivity contribution is -0.121. The summed E-state index contributed by atoms with van der Waals surface area (Å²) in [4.78, 5) is 12.5. The molecule has 0 aliphatic carbocycles. The van der Waals surface area contributed by atoms with Crippen molar-refractivity contribution in [2.75, 3.05) is 5.32 Å². The van der Waals surface area contributed by atoms with Crippen molar-refractivity contribution in [2.45, 2.75) is 27.2 Å². The molecule has 1 amide bonds. The van der Waals surface area contributed by atoms with Crippen molar-refractivity contribution in [1.29, 1.82) is 0 Å². The summed E-state index contributed by atoms with van der Waals surface area (Å²) in [5.41, 5.74) is 6.33. The Morgan fingerprint density at radius 1 is 1.58 bits per heavy atom. The Hall–Kier alpha value is -0.650. The third-order valence-corrected chi connectivity index (χ3v) is 4.76. The normalized spacial score (nSPS) is 13.7. The fraction of sp³-hybridized carbons (Fsp3) is 0.385. The molecule has 3 N–H and O–H groups in total. The van der Waals surface area contributed by atoms with Crippen LogP contribution in [0.1, 0.15) is 25.8 Å². The highest BCUT2D eigenvalue weighted by molar-refractivity contribution is 9.10. The third kappa shape index (κ3) is 3.46. The summed E-state index contributed by atoms with van der Waals surface area (Å²) in [5.74, 6) is -0.233. The Morgan fingerprint density at radius 2 is 2.16 bits per heavy atom. The molecule has 0 aliphatic rings. The fourth-order valence-electron chi connectivity index (χ4n) is 1.45. The van der Waals surface area contributed by atoms with Crippen LogP contribution in [0.4, 0.5) is 5.69 Å². The number of halogens is 2. The number of anilines is 1. The Morgan fingerprint density at radius 3 is 2.63 bits per heavy atom. The summed E-state index contributed by atoms with van der Waals surface area (Å²) in [6.45, 7) is 5.49. The summed E-state index contributed by atoms with van der Waals surface area (Å²) >= 11 is 14.4. The molecule has 0 spiro atoms.